The van der Waals surface area contributed by atoms with E-state index >= 15 is 4.39 Å². The Kier molecular flexibility index (Phi) is 7.51. The van der Waals surface area contributed by atoms with Crippen LogP contribution in [-0.4, -0.2) is 49.3 Å². The molecule has 1 aliphatic heterocycles. The predicted molar refractivity (Wildman–Crippen MR) is 162 cm³/mol. The third-order valence-corrected chi connectivity index (χ3v) is 8.74. The predicted octanol–water partition coefficient (Wildman–Crippen LogP) is 4.57. The summed E-state index contributed by atoms with van der Waals surface area (Å²) in [7, 11) is 1.49. The lowest BCUT2D eigenvalue weighted by Crippen LogP contribution is -2.40. The topological polar surface area (TPSA) is 142 Å². The van der Waals surface area contributed by atoms with Gasteiger partial charge in [0.05, 0.1) is 18.8 Å². The van der Waals surface area contributed by atoms with E-state index in [0.717, 1.165) is 31.7 Å². The standard InChI is InChI=1S/C33H35F2N5O4/c1-16-8-21(27(35)24(34)9-16)29-30-23(33(2,15-44-30)32(37)42)12-25(40-29)22(17-4-5-17)14-39-31(41)18-10-19(13-38-20-6-7-20)28(36)26(11-18)43-3/h8-13,17,20,22H,4-7,14-15,36H2,1-3H3,(H2,37,42)(H,39,41)/t22-,33-/m0/s1. The molecule has 1 aromatic heterocycles. The van der Waals surface area contributed by atoms with Gasteiger partial charge < -0.3 is 26.3 Å². The van der Waals surface area contributed by atoms with Crippen molar-refractivity contribution < 1.29 is 27.8 Å². The highest BCUT2D eigenvalue weighted by Gasteiger charge is 2.45. The first-order valence-electron chi connectivity index (χ1n) is 14.7. The molecule has 3 aliphatic rings. The van der Waals surface area contributed by atoms with E-state index < -0.39 is 23.0 Å². The fraction of sp³-hybridized carbons (Fsp3) is 0.394. The van der Waals surface area contributed by atoms with E-state index in [0.29, 0.717) is 39.4 Å². The van der Waals surface area contributed by atoms with Crippen LogP contribution in [-0.2, 0) is 10.2 Å². The molecule has 2 fully saturated rings. The van der Waals surface area contributed by atoms with Crippen LogP contribution in [0.4, 0.5) is 14.5 Å². The maximum Gasteiger partial charge on any atom is 0.251 e. The number of halogens is 2. The lowest BCUT2D eigenvalue weighted by Gasteiger charge is -2.22. The molecule has 0 spiro atoms. The maximum atomic E-state index is 15.2. The summed E-state index contributed by atoms with van der Waals surface area (Å²) in [4.78, 5) is 35.4. The smallest absolute Gasteiger partial charge is 0.251 e. The van der Waals surface area contributed by atoms with E-state index in [-0.39, 0.29) is 53.9 Å². The zero-order valence-electron chi connectivity index (χ0n) is 24.9. The quantitative estimate of drug-likeness (QED) is 0.229. The average molecular weight is 604 g/mol. The van der Waals surface area contributed by atoms with Gasteiger partial charge in [0, 0.05) is 46.6 Å². The number of nitrogen functional groups attached to an aromatic ring is 1. The molecular formula is C33H35F2N5O4. The summed E-state index contributed by atoms with van der Waals surface area (Å²) in [5.41, 5.74) is 13.7. The van der Waals surface area contributed by atoms with Gasteiger partial charge in [-0.25, -0.2) is 13.8 Å². The molecule has 0 radical (unpaired) electrons. The number of amides is 2. The molecular weight excluding hydrogens is 568 g/mol. The number of methoxy groups -OCH3 is 1. The molecule has 5 N–H and O–H groups in total. The van der Waals surface area contributed by atoms with Crippen LogP contribution in [0.1, 0.15) is 71.3 Å². The molecule has 9 nitrogen and oxygen atoms in total. The number of primary amides is 1. The highest BCUT2D eigenvalue weighted by Crippen LogP contribution is 2.49. The van der Waals surface area contributed by atoms with Gasteiger partial charge in [-0.05, 0) is 81.3 Å². The fourth-order valence-corrected chi connectivity index (χ4v) is 5.66. The second-order valence-electron chi connectivity index (χ2n) is 12.2. The number of aryl methyl sites for hydroxylation is 1. The van der Waals surface area contributed by atoms with Crippen molar-refractivity contribution in [3.63, 3.8) is 0 Å². The number of hydrogen-bond acceptors (Lipinski definition) is 7. The van der Waals surface area contributed by atoms with Gasteiger partial charge in [0.2, 0.25) is 5.91 Å². The number of nitrogens with zero attached hydrogens (tertiary/aromatic N) is 2. The number of pyridine rings is 1. The SMILES string of the molecule is COc1cc(C(=O)NC[C@H](c2cc3c(c(-c4cc(C)cc(F)c4F)n2)OC[C@]3(C)C(N)=O)C2CC2)cc(C=NC2CC2)c1N. The number of nitrogens with two attached hydrogens (primary N) is 2. The zero-order chi connectivity index (χ0) is 31.3. The van der Waals surface area contributed by atoms with Crippen molar-refractivity contribution in [1.29, 1.82) is 0 Å². The van der Waals surface area contributed by atoms with E-state index in [1.807, 2.05) is 0 Å². The molecule has 2 aromatic carbocycles. The first-order valence-corrected chi connectivity index (χ1v) is 14.7. The number of ether oxygens (including phenoxy) is 2. The van der Waals surface area contributed by atoms with Gasteiger partial charge in [-0.3, -0.25) is 14.6 Å². The van der Waals surface area contributed by atoms with Crippen LogP contribution in [0, 0.1) is 24.5 Å². The Morgan fingerprint density at radius 3 is 2.61 bits per heavy atom. The van der Waals surface area contributed by atoms with Gasteiger partial charge in [-0.15, -0.1) is 0 Å². The van der Waals surface area contributed by atoms with Crippen LogP contribution >= 0.6 is 0 Å². The van der Waals surface area contributed by atoms with E-state index in [9.17, 15) is 14.0 Å². The molecule has 2 amide bonds. The van der Waals surface area contributed by atoms with Crippen molar-refractivity contribution in [2.45, 2.75) is 56.9 Å². The summed E-state index contributed by atoms with van der Waals surface area (Å²) in [5.74, 6) is -2.53. The lowest BCUT2D eigenvalue weighted by molar-refractivity contribution is -0.123. The molecule has 0 bridgehead atoms. The van der Waals surface area contributed by atoms with Crippen molar-refractivity contribution >= 4 is 23.7 Å². The Bertz CT molecular complexity index is 1700. The number of hydrogen-bond donors (Lipinski definition) is 3. The number of benzene rings is 2. The Morgan fingerprint density at radius 1 is 1.20 bits per heavy atom. The number of nitrogens with one attached hydrogen (secondary N) is 1. The fourth-order valence-electron chi connectivity index (χ4n) is 5.66. The Hall–Kier alpha value is -4.54. The number of carbonyl (C=O) groups is 2. The number of aromatic nitrogens is 1. The molecule has 3 aromatic rings. The van der Waals surface area contributed by atoms with Gasteiger partial charge >= 0.3 is 0 Å². The van der Waals surface area contributed by atoms with E-state index in [2.05, 4.69) is 10.3 Å². The van der Waals surface area contributed by atoms with Crippen molar-refractivity contribution in [3.8, 4) is 22.8 Å². The van der Waals surface area contributed by atoms with Gasteiger partial charge in [-0.1, -0.05) is 0 Å². The van der Waals surface area contributed by atoms with Crippen molar-refractivity contribution in [3.05, 3.63) is 69.9 Å². The molecule has 11 heteroatoms. The number of anilines is 1. The van der Waals surface area contributed by atoms with Crippen LogP contribution in [0.2, 0.25) is 0 Å². The van der Waals surface area contributed by atoms with Crippen LogP contribution in [0.3, 0.4) is 0 Å². The molecule has 230 valence electrons. The Balaban J connectivity index is 1.36. The van der Waals surface area contributed by atoms with Gasteiger partial charge in [0.1, 0.15) is 29.2 Å². The highest BCUT2D eigenvalue weighted by molar-refractivity contribution is 5.99. The minimum Gasteiger partial charge on any atom is -0.495 e. The summed E-state index contributed by atoms with van der Waals surface area (Å²) in [6.07, 6.45) is 5.56. The van der Waals surface area contributed by atoms with Crippen molar-refractivity contribution in [2.75, 3.05) is 26.0 Å². The van der Waals surface area contributed by atoms with Gasteiger partial charge in [0.25, 0.3) is 5.91 Å². The summed E-state index contributed by atoms with van der Waals surface area (Å²) in [5, 5.41) is 3.02. The summed E-state index contributed by atoms with van der Waals surface area (Å²) in [6.45, 7) is 3.48. The third-order valence-electron chi connectivity index (χ3n) is 8.74. The third kappa shape index (κ3) is 5.46. The van der Waals surface area contributed by atoms with Gasteiger partial charge in [0.15, 0.2) is 11.6 Å². The summed E-state index contributed by atoms with van der Waals surface area (Å²) in [6, 6.07) is 7.92. The largest absolute Gasteiger partial charge is 0.495 e. The molecule has 6 rings (SSSR count). The molecule has 2 saturated carbocycles. The van der Waals surface area contributed by atoms with Crippen LogP contribution < -0.4 is 26.3 Å². The highest BCUT2D eigenvalue weighted by atomic mass is 19.2. The van der Waals surface area contributed by atoms with Crippen molar-refractivity contribution in [1.82, 2.24) is 10.3 Å². The number of fused-ring (bicyclic) bond motifs is 1. The first kappa shape index (κ1) is 29.5. The van der Waals surface area contributed by atoms with Crippen LogP contribution in [0.25, 0.3) is 11.3 Å². The second-order valence-corrected chi connectivity index (χ2v) is 12.2. The summed E-state index contributed by atoms with van der Waals surface area (Å²) >= 11 is 0. The van der Waals surface area contributed by atoms with E-state index in [1.165, 1.54) is 13.2 Å². The van der Waals surface area contributed by atoms with E-state index in [4.69, 9.17) is 25.9 Å². The number of aliphatic imine (C=N–C) groups is 1. The monoisotopic (exact) mass is 603 g/mol. The molecule has 2 aliphatic carbocycles. The maximum absolute atomic E-state index is 15.2. The molecule has 2 heterocycles. The second kappa shape index (κ2) is 11.2. The molecule has 44 heavy (non-hydrogen) atoms. The molecule has 2 atom stereocenters. The van der Waals surface area contributed by atoms with E-state index in [1.54, 1.807) is 38.3 Å². The average Bonchev–Trinajstić information content (AvgIpc) is 3.93. The van der Waals surface area contributed by atoms with Crippen molar-refractivity contribution in [2.24, 2.45) is 16.6 Å². The zero-order valence-corrected chi connectivity index (χ0v) is 24.9. The first-order chi connectivity index (χ1) is 21.0. The normalized spacial score (nSPS) is 19.8. The molecule has 0 saturated heterocycles. The molecule has 0 unspecified atom stereocenters. The minimum atomic E-state index is -1.20. The minimum absolute atomic E-state index is 0.0537. The number of carbonyl (C=O) groups excluding carboxylic acids is 2. The van der Waals surface area contributed by atoms with Gasteiger partial charge in [-0.2, -0.15) is 0 Å². The van der Waals surface area contributed by atoms with Crippen LogP contribution in [0.15, 0.2) is 35.3 Å². The Morgan fingerprint density at radius 2 is 1.95 bits per heavy atom. The van der Waals surface area contributed by atoms with Crippen LogP contribution in [0.5, 0.6) is 11.5 Å². The summed E-state index contributed by atoms with van der Waals surface area (Å²) < 4.78 is 41.1. The Labute approximate surface area is 254 Å². The number of rotatable bonds is 10. The lowest BCUT2D eigenvalue weighted by atomic mass is 9.82.